The number of nitrogens with zero attached hydrogens (tertiary/aromatic N) is 2. The largest absolute Gasteiger partial charge is 0.502 e. The smallest absolute Gasteiger partial charge is 0.204 e. The van der Waals surface area contributed by atoms with E-state index < -0.39 is 0 Å². The number of phenolic OH excluding ortho intramolecular Hbond substituents is 1. The lowest BCUT2D eigenvalue weighted by Crippen LogP contribution is -1.96. The van der Waals surface area contributed by atoms with E-state index in [1.54, 1.807) is 12.4 Å². The quantitative estimate of drug-likeness (QED) is 0.719. The first kappa shape index (κ1) is 14.4. The fraction of sp³-hybridized carbons (Fsp3) is 0.200. The normalized spacial score (nSPS) is 10.8. The average Bonchev–Trinajstić information content (AvgIpc) is 2.93. The number of methoxy groups -OCH3 is 2. The number of aromatic nitrogens is 2. The molecule has 0 unspecified atom stereocenters. The van der Waals surface area contributed by atoms with Crippen LogP contribution in [-0.2, 0) is 6.42 Å². The van der Waals surface area contributed by atoms with Crippen molar-refractivity contribution < 1.29 is 14.6 Å². The molecule has 0 atom stereocenters. The van der Waals surface area contributed by atoms with Crippen molar-refractivity contribution in [2.24, 2.45) is 0 Å². The standard InChI is InChI=1S/C15H15N3O3S/c1-20-13-10(16)11-15(14(21-2)12(13)19)22-9(18-11)6-8-4-3-5-17-7-8/h3-5,7,19H,6,16H2,1-2H3. The highest BCUT2D eigenvalue weighted by atomic mass is 32.1. The molecule has 0 fully saturated rings. The predicted molar refractivity (Wildman–Crippen MR) is 85.8 cm³/mol. The Kier molecular flexibility index (Phi) is 3.72. The van der Waals surface area contributed by atoms with Gasteiger partial charge in [-0.1, -0.05) is 6.07 Å². The zero-order valence-electron chi connectivity index (χ0n) is 12.2. The van der Waals surface area contributed by atoms with E-state index in [2.05, 4.69) is 9.97 Å². The lowest BCUT2D eigenvalue weighted by molar-refractivity contribution is 0.344. The molecule has 3 rings (SSSR count). The Hall–Kier alpha value is -2.54. The number of rotatable bonds is 4. The molecule has 0 saturated carbocycles. The third-order valence-electron chi connectivity index (χ3n) is 3.29. The molecule has 0 amide bonds. The highest BCUT2D eigenvalue weighted by Gasteiger charge is 2.22. The molecule has 1 aromatic carbocycles. The minimum atomic E-state index is -0.105. The molecule has 22 heavy (non-hydrogen) atoms. The summed E-state index contributed by atoms with van der Waals surface area (Å²) in [5, 5.41) is 11.1. The van der Waals surface area contributed by atoms with E-state index >= 15 is 0 Å². The second kappa shape index (κ2) is 5.69. The van der Waals surface area contributed by atoms with Crippen molar-refractivity contribution in [3.8, 4) is 17.2 Å². The van der Waals surface area contributed by atoms with Gasteiger partial charge >= 0.3 is 0 Å². The number of fused-ring (bicyclic) bond motifs is 1. The molecule has 2 aromatic heterocycles. The van der Waals surface area contributed by atoms with Crippen LogP contribution in [0.4, 0.5) is 5.69 Å². The number of hydrogen-bond acceptors (Lipinski definition) is 7. The number of aromatic hydroxyl groups is 1. The molecule has 2 heterocycles. The van der Waals surface area contributed by atoms with Crippen LogP contribution in [0.5, 0.6) is 17.2 Å². The molecule has 7 heteroatoms. The molecule has 114 valence electrons. The number of pyridine rings is 1. The number of nitrogens with two attached hydrogens (primary N) is 1. The summed E-state index contributed by atoms with van der Waals surface area (Å²) in [6.45, 7) is 0. The molecular formula is C15H15N3O3S. The summed E-state index contributed by atoms with van der Waals surface area (Å²) in [5.41, 5.74) is 7.99. The third kappa shape index (κ3) is 2.29. The maximum absolute atomic E-state index is 10.2. The van der Waals surface area contributed by atoms with E-state index in [1.165, 1.54) is 25.6 Å². The second-order valence-corrected chi connectivity index (χ2v) is 5.74. The van der Waals surface area contributed by atoms with E-state index in [9.17, 15) is 5.11 Å². The summed E-state index contributed by atoms with van der Waals surface area (Å²) in [7, 11) is 2.93. The van der Waals surface area contributed by atoms with Gasteiger partial charge in [0, 0.05) is 18.8 Å². The van der Waals surface area contributed by atoms with Crippen LogP contribution in [0.15, 0.2) is 24.5 Å². The zero-order chi connectivity index (χ0) is 15.7. The van der Waals surface area contributed by atoms with Gasteiger partial charge in [-0.15, -0.1) is 11.3 Å². The summed E-state index contributed by atoms with van der Waals surface area (Å²) in [6.07, 6.45) is 4.16. The summed E-state index contributed by atoms with van der Waals surface area (Å²) < 4.78 is 11.2. The number of anilines is 1. The molecule has 6 nitrogen and oxygen atoms in total. The van der Waals surface area contributed by atoms with Crippen LogP contribution in [0.1, 0.15) is 10.6 Å². The van der Waals surface area contributed by atoms with E-state index in [1.807, 2.05) is 12.1 Å². The van der Waals surface area contributed by atoms with Crippen molar-refractivity contribution in [1.29, 1.82) is 0 Å². The van der Waals surface area contributed by atoms with Gasteiger partial charge in [0.1, 0.15) is 15.9 Å². The summed E-state index contributed by atoms with van der Waals surface area (Å²) in [4.78, 5) is 8.66. The number of benzene rings is 1. The van der Waals surface area contributed by atoms with Gasteiger partial charge in [-0.3, -0.25) is 4.98 Å². The van der Waals surface area contributed by atoms with Crippen molar-refractivity contribution >= 4 is 27.2 Å². The molecule has 0 saturated heterocycles. The maximum atomic E-state index is 10.2. The highest BCUT2D eigenvalue weighted by molar-refractivity contribution is 7.19. The van der Waals surface area contributed by atoms with Gasteiger partial charge in [0.15, 0.2) is 11.5 Å². The van der Waals surface area contributed by atoms with Crippen LogP contribution in [-0.4, -0.2) is 29.3 Å². The minimum Gasteiger partial charge on any atom is -0.502 e. The fourth-order valence-corrected chi connectivity index (χ4v) is 3.43. The molecule has 0 aliphatic heterocycles. The molecule has 0 radical (unpaired) electrons. The monoisotopic (exact) mass is 317 g/mol. The minimum absolute atomic E-state index is 0.105. The number of thiazole rings is 1. The van der Waals surface area contributed by atoms with Gasteiger partial charge in [-0.2, -0.15) is 0 Å². The Balaban J connectivity index is 2.14. The van der Waals surface area contributed by atoms with Gasteiger partial charge < -0.3 is 20.3 Å². The van der Waals surface area contributed by atoms with Crippen molar-refractivity contribution in [3.63, 3.8) is 0 Å². The third-order valence-corrected chi connectivity index (χ3v) is 4.35. The van der Waals surface area contributed by atoms with Crippen LogP contribution < -0.4 is 15.2 Å². The van der Waals surface area contributed by atoms with E-state index in [0.29, 0.717) is 28.1 Å². The highest BCUT2D eigenvalue weighted by Crippen LogP contribution is 2.49. The average molecular weight is 317 g/mol. The number of phenols is 1. The first-order chi connectivity index (χ1) is 10.7. The first-order valence-corrected chi connectivity index (χ1v) is 7.38. The predicted octanol–water partition coefficient (Wildman–Crippen LogP) is 2.59. The van der Waals surface area contributed by atoms with Crippen LogP contribution in [0.2, 0.25) is 0 Å². The Morgan fingerprint density at radius 1 is 1.27 bits per heavy atom. The van der Waals surface area contributed by atoms with E-state index in [4.69, 9.17) is 15.2 Å². The van der Waals surface area contributed by atoms with Gasteiger partial charge in [0.05, 0.1) is 19.2 Å². The van der Waals surface area contributed by atoms with Crippen LogP contribution >= 0.6 is 11.3 Å². The lowest BCUT2D eigenvalue weighted by Gasteiger charge is -2.11. The molecule has 0 spiro atoms. The Morgan fingerprint density at radius 3 is 2.68 bits per heavy atom. The lowest BCUT2D eigenvalue weighted by atomic mass is 10.2. The maximum Gasteiger partial charge on any atom is 0.204 e. The van der Waals surface area contributed by atoms with Crippen LogP contribution in [0.25, 0.3) is 10.2 Å². The molecule has 0 bridgehead atoms. The SMILES string of the molecule is COc1c(O)c(OC)c2sc(Cc3cccnc3)nc2c1N. The second-order valence-electron chi connectivity index (χ2n) is 4.65. The number of ether oxygens (including phenoxy) is 2. The van der Waals surface area contributed by atoms with Gasteiger partial charge in [0.25, 0.3) is 0 Å². The van der Waals surface area contributed by atoms with Crippen molar-refractivity contribution in [2.45, 2.75) is 6.42 Å². The van der Waals surface area contributed by atoms with Crippen LogP contribution in [0.3, 0.4) is 0 Å². The van der Waals surface area contributed by atoms with Crippen LogP contribution in [0, 0.1) is 0 Å². The summed E-state index contributed by atoms with van der Waals surface area (Å²) >= 11 is 1.43. The molecule has 0 aliphatic carbocycles. The molecule has 0 aliphatic rings. The van der Waals surface area contributed by atoms with Crippen molar-refractivity contribution in [2.75, 3.05) is 20.0 Å². The Morgan fingerprint density at radius 2 is 2.05 bits per heavy atom. The summed E-state index contributed by atoms with van der Waals surface area (Å²) in [6, 6.07) is 3.87. The molecular weight excluding hydrogens is 302 g/mol. The van der Waals surface area contributed by atoms with Gasteiger partial charge in [0.2, 0.25) is 5.75 Å². The molecule has 3 N–H and O–H groups in total. The number of hydrogen-bond donors (Lipinski definition) is 2. The Labute approximate surface area is 131 Å². The Bertz CT molecular complexity index is 818. The topological polar surface area (TPSA) is 90.5 Å². The van der Waals surface area contributed by atoms with Gasteiger partial charge in [-0.05, 0) is 11.6 Å². The fourth-order valence-electron chi connectivity index (χ4n) is 2.30. The van der Waals surface area contributed by atoms with E-state index in [0.717, 1.165) is 10.6 Å². The van der Waals surface area contributed by atoms with E-state index in [-0.39, 0.29) is 11.5 Å². The van der Waals surface area contributed by atoms with Crippen molar-refractivity contribution in [3.05, 3.63) is 35.1 Å². The van der Waals surface area contributed by atoms with Crippen molar-refractivity contribution in [1.82, 2.24) is 9.97 Å². The number of nitrogen functional groups attached to an aromatic ring is 1. The first-order valence-electron chi connectivity index (χ1n) is 6.56. The zero-order valence-corrected chi connectivity index (χ0v) is 13.0. The molecule has 3 aromatic rings. The summed E-state index contributed by atoms with van der Waals surface area (Å²) in [5.74, 6) is 0.408. The van der Waals surface area contributed by atoms with Gasteiger partial charge in [-0.25, -0.2) is 4.98 Å².